The molecule has 4 aromatic heterocycles. The summed E-state index contributed by atoms with van der Waals surface area (Å²) in [4.78, 5) is 47.7. The summed E-state index contributed by atoms with van der Waals surface area (Å²) in [6.45, 7) is 8.53. The van der Waals surface area contributed by atoms with Crippen LogP contribution in [0.15, 0.2) is 49.4 Å². The third-order valence-electron chi connectivity index (χ3n) is 6.43. The smallest absolute Gasteiger partial charge is 0.342 e. The molecule has 4 rings (SSSR count). The van der Waals surface area contributed by atoms with Crippen LogP contribution in [-0.2, 0) is 16.6 Å². The molecule has 2 N–H and O–H groups in total. The highest BCUT2D eigenvalue weighted by atomic mass is 16.5. The molecule has 0 bridgehead atoms. The largest absolute Gasteiger partial charge is 0.479 e. The molecule has 0 atom stereocenters. The molecule has 0 aliphatic rings. The van der Waals surface area contributed by atoms with Crippen molar-refractivity contribution in [2.75, 3.05) is 56.9 Å². The lowest BCUT2D eigenvalue weighted by molar-refractivity contribution is -0.111. The van der Waals surface area contributed by atoms with Crippen molar-refractivity contribution in [3.05, 3.63) is 55.0 Å². The lowest BCUT2D eigenvalue weighted by atomic mass is 10.1. The van der Waals surface area contributed by atoms with E-state index in [0.29, 0.717) is 35.0 Å². The van der Waals surface area contributed by atoms with E-state index in [2.05, 4.69) is 32.2 Å². The first-order chi connectivity index (χ1) is 20.5. The summed E-state index contributed by atoms with van der Waals surface area (Å²) < 4.78 is 13.0. The summed E-state index contributed by atoms with van der Waals surface area (Å²) in [5.74, 6) is 0.00141. The molecular formula is C30H37N9O4. The predicted molar refractivity (Wildman–Crippen MR) is 167 cm³/mol. The molecule has 0 saturated heterocycles. The zero-order valence-electron chi connectivity index (χ0n) is 25.5. The Morgan fingerprint density at radius 2 is 1.91 bits per heavy atom. The van der Waals surface area contributed by atoms with E-state index in [0.717, 1.165) is 17.6 Å². The molecule has 0 aliphatic heterocycles. The monoisotopic (exact) mass is 587 g/mol. The van der Waals surface area contributed by atoms with E-state index < -0.39 is 11.9 Å². The van der Waals surface area contributed by atoms with Crippen molar-refractivity contribution in [3.63, 3.8) is 0 Å². The number of amides is 1. The van der Waals surface area contributed by atoms with Gasteiger partial charge in [-0.1, -0.05) is 6.58 Å². The summed E-state index contributed by atoms with van der Waals surface area (Å²) in [6.07, 6.45) is 5.84. The van der Waals surface area contributed by atoms with Gasteiger partial charge in [0.2, 0.25) is 17.7 Å². The lowest BCUT2D eigenvalue weighted by Gasteiger charge is -2.24. The second-order valence-corrected chi connectivity index (χ2v) is 10.4. The third kappa shape index (κ3) is 7.07. The third-order valence-corrected chi connectivity index (χ3v) is 6.43. The number of aromatic nitrogens is 5. The van der Waals surface area contributed by atoms with Crippen molar-refractivity contribution in [1.82, 2.24) is 29.4 Å². The van der Waals surface area contributed by atoms with Crippen LogP contribution in [0.4, 0.5) is 23.1 Å². The quantitative estimate of drug-likeness (QED) is 0.184. The van der Waals surface area contributed by atoms with Crippen molar-refractivity contribution in [2.45, 2.75) is 20.0 Å². The van der Waals surface area contributed by atoms with Crippen LogP contribution >= 0.6 is 0 Å². The van der Waals surface area contributed by atoms with Gasteiger partial charge in [0.25, 0.3) is 0 Å². The van der Waals surface area contributed by atoms with Gasteiger partial charge in [0.1, 0.15) is 16.9 Å². The molecule has 13 nitrogen and oxygen atoms in total. The zero-order valence-corrected chi connectivity index (χ0v) is 25.5. The fourth-order valence-electron chi connectivity index (χ4n) is 4.35. The van der Waals surface area contributed by atoms with Crippen molar-refractivity contribution in [2.24, 2.45) is 7.05 Å². The van der Waals surface area contributed by atoms with E-state index >= 15 is 0 Å². The topological polar surface area (TPSA) is 140 Å². The molecule has 43 heavy (non-hydrogen) atoms. The van der Waals surface area contributed by atoms with E-state index in [1.165, 1.54) is 19.4 Å². The number of likely N-dealkylation sites (N-methyl/N-ethyl adjacent to an activating group) is 2. The predicted octanol–water partition coefficient (Wildman–Crippen LogP) is 3.87. The molecule has 0 aliphatic carbocycles. The number of anilines is 4. The van der Waals surface area contributed by atoms with Crippen LogP contribution < -0.4 is 20.3 Å². The maximum absolute atomic E-state index is 13.1. The molecule has 0 unspecified atom stereocenters. The van der Waals surface area contributed by atoms with E-state index in [-0.39, 0.29) is 23.5 Å². The first kappa shape index (κ1) is 30.9. The first-order valence-corrected chi connectivity index (χ1v) is 13.7. The number of pyridine rings is 2. The van der Waals surface area contributed by atoms with Crippen LogP contribution in [-0.4, -0.2) is 88.7 Å². The molecule has 0 spiro atoms. The Hall–Kier alpha value is -5.04. The first-order valence-electron chi connectivity index (χ1n) is 13.7. The highest BCUT2D eigenvalue weighted by Gasteiger charge is 2.23. The van der Waals surface area contributed by atoms with E-state index in [9.17, 15) is 9.59 Å². The van der Waals surface area contributed by atoms with Crippen LogP contribution in [0.2, 0.25) is 0 Å². The van der Waals surface area contributed by atoms with Gasteiger partial charge in [-0.05, 0) is 52.2 Å². The van der Waals surface area contributed by atoms with Crippen LogP contribution in [0.1, 0.15) is 24.2 Å². The Labute approximate surface area is 250 Å². The molecule has 226 valence electrons. The number of methoxy groups -OCH3 is 1. The van der Waals surface area contributed by atoms with E-state index in [4.69, 9.17) is 14.5 Å². The van der Waals surface area contributed by atoms with Gasteiger partial charge in [-0.3, -0.25) is 4.79 Å². The standard InChI is InChI=1S/C30H37N9O4/c1-9-24(40)33-22-15-23(28(42-8)36-27(22)38(6)14-13-37(4)5)34-30-32-16-20(29(41)43-18(2)3)25(35-30)21-17-39(7)26-19(21)11-10-12-31-26/h9-12,15-18H,1,13-14H2,2-8H3,(H,33,40)(H,32,34,35). The number of fused-ring (bicyclic) bond motifs is 1. The molecule has 4 aromatic rings. The SMILES string of the molecule is C=CC(=O)Nc1cc(Nc2ncc(C(=O)OC(C)C)c(-c3cn(C)c4ncccc34)n2)c(OC)nc1N(C)CCN(C)C. The highest BCUT2D eigenvalue weighted by molar-refractivity contribution is 6.03. The van der Waals surface area contributed by atoms with Crippen LogP contribution in [0.3, 0.4) is 0 Å². The number of aryl methyl sites for hydroxylation is 1. The minimum Gasteiger partial charge on any atom is -0.479 e. The van der Waals surface area contributed by atoms with Gasteiger partial charge < -0.3 is 34.5 Å². The lowest BCUT2D eigenvalue weighted by Crippen LogP contribution is -2.30. The Morgan fingerprint density at radius 1 is 1.14 bits per heavy atom. The number of nitrogens with one attached hydrogen (secondary N) is 2. The molecule has 0 aromatic carbocycles. The van der Waals surface area contributed by atoms with Gasteiger partial charge in [-0.25, -0.2) is 19.7 Å². The Morgan fingerprint density at radius 3 is 2.58 bits per heavy atom. The summed E-state index contributed by atoms with van der Waals surface area (Å²) in [6, 6.07) is 5.43. The summed E-state index contributed by atoms with van der Waals surface area (Å²) in [5, 5.41) is 6.79. The fraction of sp³-hybridized carbons (Fsp3) is 0.333. The Balaban J connectivity index is 1.82. The minimum absolute atomic E-state index is 0.173. The fourth-order valence-corrected chi connectivity index (χ4v) is 4.35. The summed E-state index contributed by atoms with van der Waals surface area (Å²) >= 11 is 0. The van der Waals surface area contributed by atoms with Crippen LogP contribution in [0, 0.1) is 0 Å². The van der Waals surface area contributed by atoms with E-state index in [1.807, 2.05) is 60.9 Å². The average Bonchev–Trinajstić information content (AvgIpc) is 3.31. The Kier molecular flexibility index (Phi) is 9.56. The molecule has 0 fully saturated rings. The Bertz CT molecular complexity index is 1650. The molecule has 0 radical (unpaired) electrons. The number of carbonyl (C=O) groups excluding carboxylic acids is 2. The van der Waals surface area contributed by atoms with E-state index in [1.54, 1.807) is 26.1 Å². The number of esters is 1. The van der Waals surface area contributed by atoms with Crippen LogP contribution in [0.5, 0.6) is 5.88 Å². The number of carbonyl (C=O) groups is 2. The van der Waals surface area contributed by atoms with Gasteiger partial charge in [0.15, 0.2) is 5.82 Å². The molecule has 4 heterocycles. The van der Waals surface area contributed by atoms with Gasteiger partial charge >= 0.3 is 5.97 Å². The number of hydrogen-bond donors (Lipinski definition) is 2. The van der Waals surface area contributed by atoms with Crippen molar-refractivity contribution >= 4 is 46.1 Å². The maximum Gasteiger partial charge on any atom is 0.342 e. The second-order valence-electron chi connectivity index (χ2n) is 10.4. The number of ether oxygens (including phenoxy) is 2. The molecule has 1 amide bonds. The average molecular weight is 588 g/mol. The number of hydrogen-bond acceptors (Lipinski definition) is 11. The van der Waals surface area contributed by atoms with Gasteiger partial charge in [0.05, 0.1) is 24.6 Å². The van der Waals surface area contributed by atoms with Crippen molar-refractivity contribution < 1.29 is 19.1 Å². The van der Waals surface area contributed by atoms with Crippen LogP contribution in [0.25, 0.3) is 22.3 Å². The van der Waals surface area contributed by atoms with Crippen molar-refractivity contribution in [1.29, 1.82) is 0 Å². The summed E-state index contributed by atoms with van der Waals surface area (Å²) in [7, 11) is 9.21. The zero-order chi connectivity index (χ0) is 31.3. The van der Waals surface area contributed by atoms with Gasteiger partial charge in [-0.15, -0.1) is 0 Å². The van der Waals surface area contributed by atoms with Gasteiger partial charge in [0, 0.05) is 56.7 Å². The minimum atomic E-state index is -0.545. The maximum atomic E-state index is 13.1. The second kappa shape index (κ2) is 13.3. The number of rotatable bonds is 12. The number of nitrogens with zero attached hydrogens (tertiary/aromatic N) is 7. The van der Waals surface area contributed by atoms with Crippen molar-refractivity contribution in [3.8, 4) is 17.1 Å². The molecule has 13 heteroatoms. The normalized spacial score (nSPS) is 11.1. The highest BCUT2D eigenvalue weighted by Crippen LogP contribution is 2.36. The van der Waals surface area contributed by atoms with Gasteiger partial charge in [-0.2, -0.15) is 4.98 Å². The summed E-state index contributed by atoms with van der Waals surface area (Å²) in [5.41, 5.74) is 2.83. The molecule has 0 saturated carbocycles. The molecular weight excluding hydrogens is 550 g/mol.